The van der Waals surface area contributed by atoms with Crippen LogP contribution in [0.25, 0.3) is 0 Å². The highest BCUT2D eigenvalue weighted by atomic mass is 32.1. The van der Waals surface area contributed by atoms with Gasteiger partial charge < -0.3 is 15.5 Å². The molecule has 0 spiro atoms. The van der Waals surface area contributed by atoms with E-state index in [-0.39, 0.29) is 11.8 Å². The number of nitrogens with one attached hydrogen (secondary N) is 2. The molecule has 1 fully saturated rings. The molecule has 1 aliphatic rings. The standard InChI is InChI=1S/C24H25N3O2S/c28-23(26-20-7-2-3-8-21(20)27-14-4-1-5-15-27)19-12-10-18(11-13-19)17-25-24(29)22-9-6-16-30-22/h2-3,6-13,16H,1,4-5,14-15,17H2,(H,25,29)(H,26,28). The zero-order valence-electron chi connectivity index (χ0n) is 16.8. The van der Waals surface area contributed by atoms with Crippen molar-refractivity contribution in [1.29, 1.82) is 0 Å². The minimum atomic E-state index is -0.131. The molecule has 0 radical (unpaired) electrons. The summed E-state index contributed by atoms with van der Waals surface area (Å²) < 4.78 is 0. The second-order valence-electron chi connectivity index (χ2n) is 7.38. The van der Waals surface area contributed by atoms with Gasteiger partial charge >= 0.3 is 0 Å². The minimum absolute atomic E-state index is 0.0823. The van der Waals surface area contributed by atoms with Gasteiger partial charge in [-0.3, -0.25) is 9.59 Å². The van der Waals surface area contributed by atoms with Crippen LogP contribution in [-0.2, 0) is 6.54 Å². The molecule has 2 heterocycles. The number of hydrogen-bond donors (Lipinski definition) is 2. The predicted octanol–water partition coefficient (Wildman–Crippen LogP) is 4.92. The normalized spacial score (nSPS) is 13.7. The van der Waals surface area contributed by atoms with E-state index in [0.717, 1.165) is 30.0 Å². The van der Waals surface area contributed by atoms with Crippen molar-refractivity contribution in [3.05, 3.63) is 82.0 Å². The van der Waals surface area contributed by atoms with Crippen molar-refractivity contribution >= 4 is 34.5 Å². The van der Waals surface area contributed by atoms with Gasteiger partial charge in [-0.15, -0.1) is 11.3 Å². The predicted molar refractivity (Wildman–Crippen MR) is 122 cm³/mol. The fourth-order valence-corrected chi connectivity index (χ4v) is 4.28. The SMILES string of the molecule is O=C(Nc1ccccc1N1CCCCC1)c1ccc(CNC(=O)c2cccs2)cc1. The number of piperidine rings is 1. The molecule has 1 aliphatic heterocycles. The van der Waals surface area contributed by atoms with Crippen LogP contribution >= 0.6 is 11.3 Å². The molecule has 5 nitrogen and oxygen atoms in total. The van der Waals surface area contributed by atoms with E-state index in [1.807, 2.05) is 41.8 Å². The number of amides is 2. The molecule has 4 rings (SSSR count). The first-order valence-electron chi connectivity index (χ1n) is 10.3. The summed E-state index contributed by atoms with van der Waals surface area (Å²) in [6, 6.07) is 19.0. The van der Waals surface area contributed by atoms with Gasteiger partial charge in [0, 0.05) is 25.2 Å². The quantitative estimate of drug-likeness (QED) is 0.596. The van der Waals surface area contributed by atoms with Gasteiger partial charge in [-0.1, -0.05) is 30.3 Å². The second kappa shape index (κ2) is 9.59. The molecule has 2 amide bonds. The summed E-state index contributed by atoms with van der Waals surface area (Å²) in [5.74, 6) is -0.213. The van der Waals surface area contributed by atoms with E-state index in [9.17, 15) is 9.59 Å². The summed E-state index contributed by atoms with van der Waals surface area (Å²) in [6.45, 7) is 2.48. The molecule has 2 aromatic carbocycles. The molecule has 2 N–H and O–H groups in total. The van der Waals surface area contributed by atoms with Gasteiger partial charge in [-0.05, 0) is 60.5 Å². The Labute approximate surface area is 180 Å². The van der Waals surface area contributed by atoms with E-state index in [0.29, 0.717) is 17.0 Å². The Balaban J connectivity index is 1.38. The molecule has 0 aliphatic carbocycles. The Morgan fingerprint density at radius 1 is 0.867 bits per heavy atom. The lowest BCUT2D eigenvalue weighted by Crippen LogP contribution is -2.30. The molecule has 3 aromatic rings. The largest absolute Gasteiger partial charge is 0.370 e. The highest BCUT2D eigenvalue weighted by molar-refractivity contribution is 7.12. The molecule has 1 aromatic heterocycles. The lowest BCUT2D eigenvalue weighted by atomic mass is 10.1. The molecule has 1 saturated heterocycles. The minimum Gasteiger partial charge on any atom is -0.370 e. The summed E-state index contributed by atoms with van der Waals surface area (Å²) in [5, 5.41) is 7.84. The first-order valence-corrected chi connectivity index (χ1v) is 11.1. The van der Waals surface area contributed by atoms with Gasteiger partial charge in [0.2, 0.25) is 0 Å². The van der Waals surface area contributed by atoms with Crippen molar-refractivity contribution in [3.8, 4) is 0 Å². The van der Waals surface area contributed by atoms with E-state index < -0.39 is 0 Å². The number of carbonyl (C=O) groups excluding carboxylic acids is 2. The Kier molecular flexibility index (Phi) is 6.44. The summed E-state index contributed by atoms with van der Waals surface area (Å²) >= 11 is 1.42. The maximum Gasteiger partial charge on any atom is 0.261 e. The van der Waals surface area contributed by atoms with E-state index >= 15 is 0 Å². The van der Waals surface area contributed by atoms with Crippen LogP contribution in [0.15, 0.2) is 66.0 Å². The molecule has 0 unspecified atom stereocenters. The fourth-order valence-electron chi connectivity index (χ4n) is 3.64. The summed E-state index contributed by atoms with van der Waals surface area (Å²) in [4.78, 5) is 27.9. The van der Waals surface area contributed by atoms with Crippen molar-refractivity contribution in [1.82, 2.24) is 5.32 Å². The maximum atomic E-state index is 12.8. The van der Waals surface area contributed by atoms with Crippen molar-refractivity contribution in [3.63, 3.8) is 0 Å². The summed E-state index contributed by atoms with van der Waals surface area (Å²) in [5.41, 5.74) is 3.47. The monoisotopic (exact) mass is 419 g/mol. The third-order valence-corrected chi connectivity index (χ3v) is 6.13. The number of hydrogen-bond acceptors (Lipinski definition) is 4. The zero-order chi connectivity index (χ0) is 20.8. The zero-order valence-corrected chi connectivity index (χ0v) is 17.6. The number of anilines is 2. The van der Waals surface area contributed by atoms with E-state index in [4.69, 9.17) is 0 Å². The highest BCUT2D eigenvalue weighted by Crippen LogP contribution is 2.28. The van der Waals surface area contributed by atoms with Crippen LogP contribution < -0.4 is 15.5 Å². The number of rotatable bonds is 6. The van der Waals surface area contributed by atoms with Crippen LogP contribution in [0.2, 0.25) is 0 Å². The molecule has 6 heteroatoms. The average molecular weight is 420 g/mol. The molecule has 0 bridgehead atoms. The Morgan fingerprint density at radius 3 is 2.37 bits per heavy atom. The first kappa shape index (κ1) is 20.2. The average Bonchev–Trinajstić information content (AvgIpc) is 3.34. The maximum absolute atomic E-state index is 12.8. The van der Waals surface area contributed by atoms with Gasteiger partial charge in [-0.2, -0.15) is 0 Å². The third kappa shape index (κ3) is 4.89. The Bertz CT molecular complexity index is 994. The van der Waals surface area contributed by atoms with Gasteiger partial charge in [0.05, 0.1) is 16.3 Å². The first-order chi connectivity index (χ1) is 14.7. The van der Waals surface area contributed by atoms with E-state index in [1.165, 1.54) is 30.6 Å². The molecule has 0 saturated carbocycles. The van der Waals surface area contributed by atoms with Crippen molar-refractivity contribution in [2.45, 2.75) is 25.8 Å². The smallest absolute Gasteiger partial charge is 0.261 e. The molecular weight excluding hydrogens is 394 g/mol. The molecule has 30 heavy (non-hydrogen) atoms. The van der Waals surface area contributed by atoms with Crippen molar-refractivity contribution in [2.24, 2.45) is 0 Å². The Morgan fingerprint density at radius 2 is 1.63 bits per heavy atom. The summed E-state index contributed by atoms with van der Waals surface area (Å²) in [7, 11) is 0. The van der Waals surface area contributed by atoms with Crippen LogP contribution in [0.1, 0.15) is 44.9 Å². The van der Waals surface area contributed by atoms with Crippen molar-refractivity contribution < 1.29 is 9.59 Å². The second-order valence-corrected chi connectivity index (χ2v) is 8.32. The van der Waals surface area contributed by atoms with Crippen LogP contribution in [0, 0.1) is 0 Å². The van der Waals surface area contributed by atoms with Gasteiger partial charge in [-0.25, -0.2) is 0 Å². The van der Waals surface area contributed by atoms with E-state index in [1.54, 1.807) is 18.2 Å². The lowest BCUT2D eigenvalue weighted by Gasteiger charge is -2.30. The molecule has 0 atom stereocenters. The number of carbonyl (C=O) groups is 2. The van der Waals surface area contributed by atoms with Crippen LogP contribution in [0.5, 0.6) is 0 Å². The van der Waals surface area contributed by atoms with Crippen LogP contribution in [0.4, 0.5) is 11.4 Å². The Hall–Kier alpha value is -3.12. The van der Waals surface area contributed by atoms with Gasteiger partial charge in [0.15, 0.2) is 0 Å². The van der Waals surface area contributed by atoms with Crippen LogP contribution in [-0.4, -0.2) is 24.9 Å². The number of thiophene rings is 1. The number of benzene rings is 2. The third-order valence-electron chi connectivity index (χ3n) is 5.26. The molecular formula is C24H25N3O2S. The summed E-state index contributed by atoms with van der Waals surface area (Å²) in [6.07, 6.45) is 3.64. The number of para-hydroxylation sites is 2. The van der Waals surface area contributed by atoms with Gasteiger partial charge in [0.1, 0.15) is 0 Å². The molecule has 154 valence electrons. The highest BCUT2D eigenvalue weighted by Gasteiger charge is 2.16. The van der Waals surface area contributed by atoms with Crippen molar-refractivity contribution in [2.75, 3.05) is 23.3 Å². The van der Waals surface area contributed by atoms with E-state index in [2.05, 4.69) is 21.6 Å². The van der Waals surface area contributed by atoms with Crippen LogP contribution in [0.3, 0.4) is 0 Å². The topological polar surface area (TPSA) is 61.4 Å². The van der Waals surface area contributed by atoms with Gasteiger partial charge in [0.25, 0.3) is 11.8 Å². The lowest BCUT2D eigenvalue weighted by molar-refractivity contribution is 0.0953. The fraction of sp³-hybridized carbons (Fsp3) is 0.250. The number of nitrogens with zero attached hydrogens (tertiary/aromatic N) is 1.